The van der Waals surface area contributed by atoms with Crippen molar-refractivity contribution in [3.63, 3.8) is 0 Å². The van der Waals surface area contributed by atoms with E-state index in [1.807, 2.05) is 0 Å². The van der Waals surface area contributed by atoms with Crippen LogP contribution in [0.3, 0.4) is 0 Å². The number of carbonyl (C=O) groups is 2. The Morgan fingerprint density at radius 2 is 2.00 bits per heavy atom. The van der Waals surface area contributed by atoms with E-state index in [9.17, 15) is 19.8 Å². The fourth-order valence-electron chi connectivity index (χ4n) is 2.61. The summed E-state index contributed by atoms with van der Waals surface area (Å²) in [6.45, 7) is -0.336. The number of aliphatic hydroxyl groups is 2. The molecule has 0 spiro atoms. The largest absolute Gasteiger partial charge is 0.481 e. The minimum Gasteiger partial charge on any atom is -0.481 e. The van der Waals surface area contributed by atoms with E-state index in [1.54, 1.807) is 0 Å². The van der Waals surface area contributed by atoms with Crippen molar-refractivity contribution in [2.24, 2.45) is 0 Å². The Balaban J connectivity index is 1.68. The van der Waals surface area contributed by atoms with Crippen molar-refractivity contribution in [1.82, 2.24) is 19.5 Å². The topological polar surface area (TPSA) is 183 Å². The maximum Gasteiger partial charge on any atom is 0.306 e. The van der Waals surface area contributed by atoms with Crippen molar-refractivity contribution in [2.75, 3.05) is 12.3 Å². The van der Waals surface area contributed by atoms with E-state index in [2.05, 4.69) is 15.0 Å². The summed E-state index contributed by atoms with van der Waals surface area (Å²) in [7, 11) is 0. The smallest absolute Gasteiger partial charge is 0.306 e. The van der Waals surface area contributed by atoms with Gasteiger partial charge in [0.1, 0.15) is 36.8 Å². The van der Waals surface area contributed by atoms with Gasteiger partial charge in [0.2, 0.25) is 0 Å². The number of rotatable bonds is 6. The number of fused-ring (bicyclic) bond motifs is 1. The highest BCUT2D eigenvalue weighted by Crippen LogP contribution is 2.32. The van der Waals surface area contributed by atoms with Gasteiger partial charge in [0.15, 0.2) is 17.7 Å². The monoisotopic (exact) mass is 367 g/mol. The molecule has 2 aromatic rings. The predicted octanol–water partition coefficient (Wildman–Crippen LogP) is -1.56. The number of carboxylic acid groups (broad SMARTS) is 1. The lowest BCUT2D eigenvalue weighted by Gasteiger charge is -2.16. The summed E-state index contributed by atoms with van der Waals surface area (Å²) in [5, 5.41) is 28.9. The quantitative estimate of drug-likeness (QED) is 0.433. The van der Waals surface area contributed by atoms with Crippen molar-refractivity contribution < 1.29 is 34.4 Å². The number of nitrogen functional groups attached to an aromatic ring is 1. The van der Waals surface area contributed by atoms with Gasteiger partial charge < -0.3 is 30.5 Å². The summed E-state index contributed by atoms with van der Waals surface area (Å²) in [5.74, 6) is -1.71. The molecule has 3 heterocycles. The van der Waals surface area contributed by atoms with Crippen LogP contribution in [0.2, 0.25) is 0 Å². The number of aliphatic hydroxyl groups excluding tert-OH is 2. The van der Waals surface area contributed by atoms with Gasteiger partial charge in [0.05, 0.1) is 19.2 Å². The Bertz CT molecular complexity index is 825. The van der Waals surface area contributed by atoms with E-state index in [0.29, 0.717) is 11.2 Å². The standard InChI is InChI=1S/C14H17N5O7/c15-12-9-13(17-4-16-12)19(5-18-9)14-11(24)10(23)6(26-14)3-25-8(22)2-1-7(20)21/h4-6,10-11,14,23-24H,1-3H2,(H,20,21)(H2,15,16,17)/t6-,10+,11+,14-/m1/s1. The average Bonchev–Trinajstić information content (AvgIpc) is 3.15. The maximum atomic E-state index is 11.5. The number of anilines is 1. The van der Waals surface area contributed by atoms with Crippen LogP contribution in [0, 0.1) is 0 Å². The third kappa shape index (κ3) is 3.42. The first kappa shape index (κ1) is 18.0. The number of carbonyl (C=O) groups excluding carboxylic acids is 1. The number of carboxylic acids is 1. The molecule has 4 atom stereocenters. The zero-order valence-electron chi connectivity index (χ0n) is 13.4. The molecular formula is C14H17N5O7. The minimum absolute atomic E-state index is 0.158. The molecule has 0 amide bonds. The SMILES string of the molecule is Nc1ncnc2c1ncn2[C@@H]1O[C@H](COC(=O)CCC(=O)O)[C@H](O)[C@@H]1O. The van der Waals surface area contributed by atoms with E-state index in [4.69, 9.17) is 20.3 Å². The van der Waals surface area contributed by atoms with Crippen LogP contribution in [0.1, 0.15) is 19.1 Å². The highest BCUT2D eigenvalue weighted by Gasteiger charge is 2.44. The van der Waals surface area contributed by atoms with Gasteiger partial charge in [-0.25, -0.2) is 15.0 Å². The summed E-state index contributed by atoms with van der Waals surface area (Å²) in [6.07, 6.45) is -2.76. The second kappa shape index (κ2) is 7.19. The van der Waals surface area contributed by atoms with Gasteiger partial charge in [-0.15, -0.1) is 0 Å². The van der Waals surface area contributed by atoms with Crippen molar-refractivity contribution in [2.45, 2.75) is 37.4 Å². The molecule has 1 aliphatic rings. The van der Waals surface area contributed by atoms with Crippen molar-refractivity contribution >= 4 is 28.9 Å². The average molecular weight is 367 g/mol. The fourth-order valence-corrected chi connectivity index (χ4v) is 2.61. The number of esters is 1. The van der Waals surface area contributed by atoms with Crippen LogP contribution in [0.15, 0.2) is 12.7 Å². The van der Waals surface area contributed by atoms with Crippen LogP contribution in [0.5, 0.6) is 0 Å². The van der Waals surface area contributed by atoms with Crippen LogP contribution < -0.4 is 5.73 Å². The van der Waals surface area contributed by atoms with Gasteiger partial charge in [-0.3, -0.25) is 14.2 Å². The molecule has 2 aromatic heterocycles. The highest BCUT2D eigenvalue weighted by molar-refractivity contribution is 5.81. The summed E-state index contributed by atoms with van der Waals surface area (Å²) in [5.41, 5.74) is 6.34. The lowest BCUT2D eigenvalue weighted by molar-refractivity contribution is -0.152. The Morgan fingerprint density at radius 3 is 2.73 bits per heavy atom. The number of hydrogen-bond acceptors (Lipinski definition) is 10. The Kier molecular flexibility index (Phi) is 4.97. The summed E-state index contributed by atoms with van der Waals surface area (Å²) in [6, 6.07) is 0. The Morgan fingerprint density at radius 1 is 1.23 bits per heavy atom. The van der Waals surface area contributed by atoms with E-state index in [1.165, 1.54) is 17.2 Å². The number of aliphatic carboxylic acids is 1. The normalized spacial score (nSPS) is 25.5. The molecule has 0 aliphatic carbocycles. The first-order valence-corrected chi connectivity index (χ1v) is 7.70. The second-order valence-corrected chi connectivity index (χ2v) is 5.71. The number of ether oxygens (including phenoxy) is 2. The van der Waals surface area contributed by atoms with Crippen molar-refractivity contribution in [3.05, 3.63) is 12.7 Å². The molecule has 12 nitrogen and oxygen atoms in total. The van der Waals surface area contributed by atoms with E-state index < -0.39 is 36.5 Å². The number of aromatic nitrogens is 4. The summed E-state index contributed by atoms with van der Waals surface area (Å²) < 4.78 is 11.9. The van der Waals surface area contributed by atoms with E-state index >= 15 is 0 Å². The molecule has 1 saturated heterocycles. The molecule has 1 fully saturated rings. The zero-order chi connectivity index (χ0) is 18.8. The molecule has 12 heteroatoms. The van der Waals surface area contributed by atoms with Crippen LogP contribution >= 0.6 is 0 Å². The van der Waals surface area contributed by atoms with E-state index in [-0.39, 0.29) is 25.3 Å². The molecule has 0 bridgehead atoms. The minimum atomic E-state index is -1.33. The summed E-state index contributed by atoms with van der Waals surface area (Å²) in [4.78, 5) is 33.8. The second-order valence-electron chi connectivity index (χ2n) is 5.71. The lowest BCUT2D eigenvalue weighted by atomic mass is 10.1. The molecule has 26 heavy (non-hydrogen) atoms. The highest BCUT2D eigenvalue weighted by atomic mass is 16.6. The van der Waals surface area contributed by atoms with Crippen molar-refractivity contribution in [1.29, 1.82) is 0 Å². The van der Waals surface area contributed by atoms with Crippen LogP contribution in [-0.4, -0.2) is 71.7 Å². The number of imidazole rings is 1. The van der Waals surface area contributed by atoms with Gasteiger partial charge in [0.25, 0.3) is 0 Å². The number of nitrogens with two attached hydrogens (primary N) is 1. The van der Waals surface area contributed by atoms with Gasteiger partial charge in [-0.1, -0.05) is 0 Å². The fraction of sp³-hybridized carbons (Fsp3) is 0.500. The van der Waals surface area contributed by atoms with E-state index in [0.717, 1.165) is 0 Å². The maximum absolute atomic E-state index is 11.5. The lowest BCUT2D eigenvalue weighted by Crippen LogP contribution is -2.34. The van der Waals surface area contributed by atoms with Gasteiger partial charge in [-0.05, 0) is 0 Å². The molecular weight excluding hydrogens is 350 g/mol. The number of hydrogen-bond donors (Lipinski definition) is 4. The first-order valence-electron chi connectivity index (χ1n) is 7.70. The predicted molar refractivity (Wildman–Crippen MR) is 83.5 cm³/mol. The Labute approximate surface area is 146 Å². The zero-order valence-corrected chi connectivity index (χ0v) is 13.4. The number of nitrogens with zero attached hydrogens (tertiary/aromatic N) is 4. The molecule has 0 saturated carbocycles. The summed E-state index contributed by atoms with van der Waals surface area (Å²) >= 11 is 0. The molecule has 1 aliphatic heterocycles. The molecule has 0 aromatic carbocycles. The Hall–Kier alpha value is -2.83. The molecule has 3 rings (SSSR count). The van der Waals surface area contributed by atoms with Gasteiger partial charge in [-0.2, -0.15) is 0 Å². The first-order chi connectivity index (χ1) is 12.4. The van der Waals surface area contributed by atoms with Crippen LogP contribution in [0.4, 0.5) is 5.82 Å². The molecule has 0 unspecified atom stereocenters. The van der Waals surface area contributed by atoms with Crippen molar-refractivity contribution in [3.8, 4) is 0 Å². The molecule has 0 radical (unpaired) electrons. The van der Waals surface area contributed by atoms with Gasteiger partial charge >= 0.3 is 11.9 Å². The third-order valence-electron chi connectivity index (χ3n) is 3.95. The van der Waals surface area contributed by atoms with Gasteiger partial charge in [0, 0.05) is 0 Å². The van der Waals surface area contributed by atoms with Crippen LogP contribution in [-0.2, 0) is 19.1 Å². The third-order valence-corrected chi connectivity index (χ3v) is 3.95. The van der Waals surface area contributed by atoms with Crippen LogP contribution in [0.25, 0.3) is 11.2 Å². The molecule has 5 N–H and O–H groups in total. The molecule has 140 valence electrons.